The Morgan fingerprint density at radius 2 is 1.81 bits per heavy atom. The summed E-state index contributed by atoms with van der Waals surface area (Å²) in [6.45, 7) is 8.59. The molecule has 0 fully saturated rings. The predicted octanol–water partition coefficient (Wildman–Crippen LogP) is 3.84. The summed E-state index contributed by atoms with van der Waals surface area (Å²) in [5.41, 5.74) is 1.57. The lowest BCUT2D eigenvalue weighted by Crippen LogP contribution is -2.05. The van der Waals surface area contributed by atoms with Crippen LogP contribution in [0.5, 0.6) is 0 Å². The zero-order valence-corrected chi connectivity index (χ0v) is 11.2. The molecule has 0 aromatic carbocycles. The summed E-state index contributed by atoms with van der Waals surface area (Å²) in [6.07, 6.45) is 1.85. The molecule has 1 aromatic rings. The van der Waals surface area contributed by atoms with E-state index in [1.54, 1.807) is 16.7 Å². The molecule has 1 rings (SSSR count). The fourth-order valence-corrected chi connectivity index (χ4v) is 3.04. The van der Waals surface area contributed by atoms with Crippen LogP contribution >= 0.6 is 11.3 Å². The summed E-state index contributed by atoms with van der Waals surface area (Å²) in [4.78, 5) is 12.4. The Bertz CT molecular complexity index is 364. The Balaban J connectivity index is 3.03. The number of carbonyl (C=O) groups is 1. The van der Waals surface area contributed by atoms with Crippen LogP contribution in [-0.2, 0) is 12.8 Å². The molecular formula is C13H20O2S. The molecule has 0 radical (unpaired) electrons. The number of thiophene rings is 1. The fourth-order valence-electron chi connectivity index (χ4n) is 1.78. The van der Waals surface area contributed by atoms with Crippen molar-refractivity contribution in [2.75, 3.05) is 0 Å². The predicted molar refractivity (Wildman–Crippen MR) is 68.4 cm³/mol. The van der Waals surface area contributed by atoms with Gasteiger partial charge in [0, 0.05) is 10.3 Å². The highest BCUT2D eigenvalue weighted by Gasteiger charge is 2.18. The van der Waals surface area contributed by atoms with E-state index in [0.29, 0.717) is 17.4 Å². The van der Waals surface area contributed by atoms with Gasteiger partial charge in [0.15, 0.2) is 0 Å². The zero-order chi connectivity index (χ0) is 12.3. The molecule has 0 aliphatic carbocycles. The lowest BCUT2D eigenvalue weighted by molar-refractivity contribution is 0.0696. The molecule has 16 heavy (non-hydrogen) atoms. The Morgan fingerprint density at radius 1 is 1.25 bits per heavy atom. The van der Waals surface area contributed by atoms with Gasteiger partial charge < -0.3 is 5.11 Å². The first-order valence-electron chi connectivity index (χ1n) is 5.74. The van der Waals surface area contributed by atoms with Gasteiger partial charge in [-0.1, -0.05) is 27.7 Å². The number of hydrogen-bond acceptors (Lipinski definition) is 2. The molecule has 2 nitrogen and oxygen atoms in total. The number of aromatic carboxylic acids is 1. The summed E-state index contributed by atoms with van der Waals surface area (Å²) in [7, 11) is 0. The molecule has 90 valence electrons. The van der Waals surface area contributed by atoms with Gasteiger partial charge in [0.05, 0.1) is 5.56 Å². The van der Waals surface area contributed by atoms with Crippen molar-refractivity contribution in [3.63, 3.8) is 0 Å². The van der Waals surface area contributed by atoms with Gasteiger partial charge in [-0.2, -0.15) is 0 Å². The van der Waals surface area contributed by atoms with Crippen molar-refractivity contribution < 1.29 is 9.90 Å². The fraction of sp³-hybridized carbons (Fsp3) is 0.615. The number of carboxylic acid groups (broad SMARTS) is 1. The molecule has 1 N–H and O–H groups in total. The lowest BCUT2D eigenvalue weighted by atomic mass is 9.96. The third kappa shape index (κ3) is 3.34. The average molecular weight is 240 g/mol. The SMILES string of the molecule is CC(C)Cc1scc(C(=O)O)c1CC(C)C. The first-order chi connectivity index (χ1) is 7.41. The largest absolute Gasteiger partial charge is 0.478 e. The molecule has 3 heteroatoms. The van der Waals surface area contributed by atoms with Crippen molar-refractivity contribution >= 4 is 17.3 Å². The summed E-state index contributed by atoms with van der Waals surface area (Å²) >= 11 is 1.59. The van der Waals surface area contributed by atoms with Gasteiger partial charge >= 0.3 is 5.97 Å². The highest BCUT2D eigenvalue weighted by Crippen LogP contribution is 2.27. The summed E-state index contributed by atoms with van der Waals surface area (Å²) in [5.74, 6) is 0.284. The minimum Gasteiger partial charge on any atom is -0.478 e. The van der Waals surface area contributed by atoms with Gasteiger partial charge in [0.25, 0.3) is 0 Å². The van der Waals surface area contributed by atoms with Crippen LogP contribution in [0.2, 0.25) is 0 Å². The topological polar surface area (TPSA) is 37.3 Å². The molecule has 0 aliphatic rings. The Kier molecular flexibility index (Phi) is 4.54. The van der Waals surface area contributed by atoms with E-state index in [1.807, 2.05) is 0 Å². The standard InChI is InChI=1S/C13H20O2S/c1-8(2)5-10-11(13(14)15)7-16-12(10)6-9(3)4/h7-9H,5-6H2,1-4H3,(H,14,15). The second-order valence-electron chi connectivity index (χ2n) is 5.05. The van der Waals surface area contributed by atoms with Crippen molar-refractivity contribution in [3.05, 3.63) is 21.4 Å². The highest BCUT2D eigenvalue weighted by atomic mass is 32.1. The van der Waals surface area contributed by atoms with Crippen LogP contribution in [0.3, 0.4) is 0 Å². The minimum atomic E-state index is -0.790. The van der Waals surface area contributed by atoms with Crippen LogP contribution in [0, 0.1) is 11.8 Å². The maximum absolute atomic E-state index is 11.1. The van der Waals surface area contributed by atoms with Gasteiger partial charge in [-0.3, -0.25) is 0 Å². The van der Waals surface area contributed by atoms with E-state index in [4.69, 9.17) is 5.11 Å². The van der Waals surface area contributed by atoms with E-state index in [1.165, 1.54) is 4.88 Å². The van der Waals surface area contributed by atoms with Crippen molar-refractivity contribution in [1.29, 1.82) is 0 Å². The van der Waals surface area contributed by atoms with Gasteiger partial charge in [-0.25, -0.2) is 4.79 Å². The number of hydrogen-bond donors (Lipinski definition) is 1. The highest BCUT2D eigenvalue weighted by molar-refractivity contribution is 7.10. The molecule has 0 saturated heterocycles. The molecule has 0 amide bonds. The molecular weight excluding hydrogens is 220 g/mol. The molecule has 0 unspecified atom stereocenters. The lowest BCUT2D eigenvalue weighted by Gasteiger charge is -2.10. The molecule has 1 aromatic heterocycles. The third-order valence-corrected chi connectivity index (χ3v) is 3.47. The van der Waals surface area contributed by atoms with E-state index in [2.05, 4.69) is 27.7 Å². The normalized spacial score (nSPS) is 11.4. The average Bonchev–Trinajstić information content (AvgIpc) is 2.47. The van der Waals surface area contributed by atoms with E-state index >= 15 is 0 Å². The van der Waals surface area contributed by atoms with Crippen LogP contribution in [0.1, 0.15) is 48.5 Å². The quantitative estimate of drug-likeness (QED) is 0.849. The van der Waals surface area contributed by atoms with Crippen molar-refractivity contribution in [1.82, 2.24) is 0 Å². The number of carboxylic acids is 1. The van der Waals surface area contributed by atoms with Gasteiger partial charge in [-0.05, 0) is 30.2 Å². The van der Waals surface area contributed by atoms with Gasteiger partial charge in [0.2, 0.25) is 0 Å². The van der Waals surface area contributed by atoms with Crippen molar-refractivity contribution in [2.24, 2.45) is 11.8 Å². The summed E-state index contributed by atoms with van der Waals surface area (Å²) < 4.78 is 0. The van der Waals surface area contributed by atoms with Crippen molar-refractivity contribution in [3.8, 4) is 0 Å². The van der Waals surface area contributed by atoms with Gasteiger partial charge in [-0.15, -0.1) is 11.3 Å². The molecule has 0 atom stereocenters. The Labute approximate surface area is 101 Å². The molecule has 0 aliphatic heterocycles. The molecule has 0 bridgehead atoms. The van der Waals surface area contributed by atoms with E-state index in [-0.39, 0.29) is 0 Å². The van der Waals surface area contributed by atoms with E-state index in [9.17, 15) is 4.79 Å². The number of rotatable bonds is 5. The first kappa shape index (κ1) is 13.2. The summed E-state index contributed by atoms with van der Waals surface area (Å²) in [5, 5.41) is 10.9. The molecule has 1 heterocycles. The smallest absolute Gasteiger partial charge is 0.336 e. The Hall–Kier alpha value is -0.830. The second kappa shape index (κ2) is 5.48. The maximum atomic E-state index is 11.1. The van der Waals surface area contributed by atoms with Gasteiger partial charge in [0.1, 0.15) is 0 Å². The van der Waals surface area contributed by atoms with Crippen LogP contribution in [-0.4, -0.2) is 11.1 Å². The third-order valence-electron chi connectivity index (χ3n) is 2.42. The minimum absolute atomic E-state index is 0.499. The molecule has 0 spiro atoms. The van der Waals surface area contributed by atoms with Crippen LogP contribution in [0.15, 0.2) is 5.38 Å². The maximum Gasteiger partial charge on any atom is 0.336 e. The zero-order valence-electron chi connectivity index (χ0n) is 10.4. The van der Waals surface area contributed by atoms with Crippen LogP contribution in [0.4, 0.5) is 0 Å². The van der Waals surface area contributed by atoms with Crippen LogP contribution < -0.4 is 0 Å². The molecule has 0 saturated carbocycles. The van der Waals surface area contributed by atoms with Crippen LogP contribution in [0.25, 0.3) is 0 Å². The second-order valence-corrected chi connectivity index (χ2v) is 6.02. The first-order valence-corrected chi connectivity index (χ1v) is 6.62. The monoisotopic (exact) mass is 240 g/mol. The van der Waals surface area contributed by atoms with E-state index in [0.717, 1.165) is 18.4 Å². The summed E-state index contributed by atoms with van der Waals surface area (Å²) in [6, 6.07) is 0. The Morgan fingerprint density at radius 3 is 2.25 bits per heavy atom. The van der Waals surface area contributed by atoms with E-state index < -0.39 is 5.97 Å². The van der Waals surface area contributed by atoms with Crippen molar-refractivity contribution in [2.45, 2.75) is 40.5 Å².